The first-order chi connectivity index (χ1) is 19.8. The van der Waals surface area contributed by atoms with Crippen molar-refractivity contribution in [3.05, 3.63) is 132 Å². The van der Waals surface area contributed by atoms with Gasteiger partial charge < -0.3 is 9.40 Å². The molecule has 0 spiro atoms. The Morgan fingerprint density at radius 2 is 1.50 bits per heavy atom. The van der Waals surface area contributed by atoms with E-state index in [-0.39, 0.29) is 25.5 Å². The zero-order chi connectivity index (χ0) is 28.6. The number of para-hydroxylation sites is 2. The number of pyridine rings is 2. The first-order valence-corrected chi connectivity index (χ1v) is 13.9. The predicted octanol–water partition coefficient (Wildman–Crippen LogP) is 10.1. The SMILES string of the molecule is CC(C)(C)c1c[c-]c(-c2ccccn2)cc1.Cc1[c-]c(-c2nc3ccccc3c3oc4ccccc4c23)cc(C)c1.[Ir]. The molecule has 0 bridgehead atoms. The van der Waals surface area contributed by atoms with Gasteiger partial charge in [-0.25, -0.2) is 0 Å². The summed E-state index contributed by atoms with van der Waals surface area (Å²) in [6.07, 6.45) is 1.81. The molecule has 211 valence electrons. The van der Waals surface area contributed by atoms with Crippen LogP contribution in [0, 0.1) is 26.0 Å². The van der Waals surface area contributed by atoms with Gasteiger partial charge >= 0.3 is 0 Å². The van der Waals surface area contributed by atoms with Crippen LogP contribution >= 0.6 is 0 Å². The summed E-state index contributed by atoms with van der Waals surface area (Å²) in [6, 6.07) is 39.6. The van der Waals surface area contributed by atoms with Crippen LogP contribution in [0.3, 0.4) is 0 Å². The molecule has 0 saturated heterocycles. The Kier molecular flexibility index (Phi) is 8.41. The van der Waals surface area contributed by atoms with Crippen LogP contribution < -0.4 is 0 Å². The number of fused-ring (bicyclic) bond motifs is 5. The Morgan fingerprint density at radius 3 is 2.19 bits per heavy atom. The summed E-state index contributed by atoms with van der Waals surface area (Å²) < 4.78 is 6.23. The maximum absolute atomic E-state index is 6.23. The second kappa shape index (κ2) is 12.0. The van der Waals surface area contributed by atoms with Crippen LogP contribution in [0.15, 0.2) is 108 Å². The van der Waals surface area contributed by atoms with Gasteiger partial charge in [-0.1, -0.05) is 77.1 Å². The fraction of sp³-hybridized carbons (Fsp3) is 0.158. The minimum Gasteiger partial charge on any atom is -0.456 e. The molecule has 0 unspecified atom stereocenters. The maximum Gasteiger partial charge on any atom is 0.137 e. The van der Waals surface area contributed by atoms with Crippen LogP contribution in [0.1, 0.15) is 37.5 Å². The number of nitrogens with zero attached hydrogens (tertiary/aromatic N) is 2. The summed E-state index contributed by atoms with van der Waals surface area (Å²) in [4.78, 5) is 9.30. The second-order valence-electron chi connectivity index (χ2n) is 11.5. The van der Waals surface area contributed by atoms with Crippen molar-refractivity contribution >= 4 is 32.8 Å². The summed E-state index contributed by atoms with van der Waals surface area (Å²) in [5.41, 5.74) is 10.5. The molecule has 0 fully saturated rings. The Bertz CT molecular complexity index is 1960. The van der Waals surface area contributed by atoms with E-state index in [0.717, 1.165) is 60.9 Å². The molecule has 4 heteroatoms. The summed E-state index contributed by atoms with van der Waals surface area (Å²) in [5, 5.41) is 3.20. The van der Waals surface area contributed by atoms with Gasteiger partial charge in [-0.2, -0.15) is 0 Å². The van der Waals surface area contributed by atoms with Gasteiger partial charge in [0.25, 0.3) is 0 Å². The molecule has 3 aromatic heterocycles. The normalized spacial score (nSPS) is 11.3. The van der Waals surface area contributed by atoms with Crippen molar-refractivity contribution in [1.82, 2.24) is 9.97 Å². The van der Waals surface area contributed by atoms with Gasteiger partial charge in [0.1, 0.15) is 11.2 Å². The van der Waals surface area contributed by atoms with E-state index in [4.69, 9.17) is 9.40 Å². The molecule has 7 aromatic rings. The van der Waals surface area contributed by atoms with Crippen LogP contribution in [0.25, 0.3) is 55.4 Å². The molecule has 1 radical (unpaired) electrons. The molecule has 0 amide bonds. The largest absolute Gasteiger partial charge is 0.456 e. The van der Waals surface area contributed by atoms with Crippen LogP contribution in [-0.2, 0) is 25.5 Å². The Balaban J connectivity index is 0.000000181. The second-order valence-corrected chi connectivity index (χ2v) is 11.5. The number of aromatic nitrogens is 2. The van der Waals surface area contributed by atoms with Crippen LogP contribution in [0.4, 0.5) is 0 Å². The van der Waals surface area contributed by atoms with Crippen molar-refractivity contribution < 1.29 is 24.5 Å². The Labute approximate surface area is 261 Å². The van der Waals surface area contributed by atoms with Crippen LogP contribution in [0.2, 0.25) is 0 Å². The van der Waals surface area contributed by atoms with Crippen LogP contribution in [0.5, 0.6) is 0 Å². The van der Waals surface area contributed by atoms with Gasteiger partial charge in [-0.15, -0.1) is 70.3 Å². The van der Waals surface area contributed by atoms with E-state index in [1.165, 1.54) is 11.1 Å². The Morgan fingerprint density at radius 1 is 0.762 bits per heavy atom. The minimum absolute atomic E-state index is 0. The first-order valence-electron chi connectivity index (χ1n) is 13.9. The quantitative estimate of drug-likeness (QED) is 0.167. The van der Waals surface area contributed by atoms with E-state index in [9.17, 15) is 0 Å². The van der Waals surface area contributed by atoms with Crippen molar-refractivity contribution in [3.63, 3.8) is 0 Å². The molecule has 0 N–H and O–H groups in total. The third-order valence-corrected chi connectivity index (χ3v) is 7.24. The van der Waals surface area contributed by atoms with Gasteiger partial charge in [0.2, 0.25) is 0 Å². The van der Waals surface area contributed by atoms with E-state index in [1.807, 2.05) is 54.6 Å². The minimum atomic E-state index is 0. The van der Waals surface area contributed by atoms with Crippen molar-refractivity contribution in [1.29, 1.82) is 0 Å². The Hall–Kier alpha value is -4.11. The smallest absolute Gasteiger partial charge is 0.137 e. The van der Waals surface area contributed by atoms with Gasteiger partial charge in [-0.3, -0.25) is 4.98 Å². The summed E-state index contributed by atoms with van der Waals surface area (Å²) in [5.74, 6) is 0. The fourth-order valence-corrected chi connectivity index (χ4v) is 5.20. The molecule has 7 rings (SSSR count). The molecular formula is C38H32IrN2O-2. The third-order valence-electron chi connectivity index (χ3n) is 7.24. The topological polar surface area (TPSA) is 38.9 Å². The molecular weight excluding hydrogens is 693 g/mol. The number of benzene rings is 4. The molecule has 0 saturated carbocycles. The van der Waals surface area contributed by atoms with E-state index in [0.29, 0.717) is 0 Å². The van der Waals surface area contributed by atoms with Gasteiger partial charge in [0.15, 0.2) is 0 Å². The number of hydrogen-bond donors (Lipinski definition) is 0. The summed E-state index contributed by atoms with van der Waals surface area (Å²) in [6.45, 7) is 10.8. The zero-order valence-electron chi connectivity index (χ0n) is 24.5. The number of hydrogen-bond acceptors (Lipinski definition) is 3. The van der Waals surface area contributed by atoms with Crippen molar-refractivity contribution in [3.8, 4) is 22.5 Å². The number of furan rings is 1. The predicted molar refractivity (Wildman–Crippen MR) is 170 cm³/mol. The van der Waals surface area contributed by atoms with Crippen molar-refractivity contribution in [2.24, 2.45) is 0 Å². The molecule has 42 heavy (non-hydrogen) atoms. The zero-order valence-corrected chi connectivity index (χ0v) is 26.8. The molecule has 3 nitrogen and oxygen atoms in total. The molecule has 3 heterocycles. The average Bonchev–Trinajstić information content (AvgIpc) is 3.37. The summed E-state index contributed by atoms with van der Waals surface area (Å²) in [7, 11) is 0. The first kappa shape index (κ1) is 29.4. The van der Waals surface area contributed by atoms with Crippen molar-refractivity contribution in [2.75, 3.05) is 0 Å². The molecule has 0 aliphatic heterocycles. The molecule has 4 aromatic carbocycles. The van der Waals surface area contributed by atoms with E-state index in [1.54, 1.807) is 6.20 Å². The van der Waals surface area contributed by atoms with E-state index < -0.39 is 0 Å². The molecule has 0 aliphatic rings. The van der Waals surface area contributed by atoms with Crippen molar-refractivity contribution in [2.45, 2.75) is 40.0 Å². The summed E-state index contributed by atoms with van der Waals surface area (Å²) >= 11 is 0. The average molecular weight is 725 g/mol. The number of rotatable bonds is 2. The van der Waals surface area contributed by atoms with Gasteiger partial charge in [0, 0.05) is 48.2 Å². The standard InChI is InChI=1S/C23H16NO.C15H16N.Ir/c1-14-11-15(2)13-16(12-14)22-21-18-8-4-6-10-20(18)25-23(21)17-7-3-5-9-19(17)24-22;1-15(2,3)13-9-7-12(8-10-13)14-6-4-5-11-16-14;/h3-12H,1-2H3;4-7,9-11H,1-3H3;/q2*-1;. The monoisotopic (exact) mass is 725 g/mol. The van der Waals surface area contributed by atoms with Gasteiger partial charge in [-0.05, 0) is 35.4 Å². The van der Waals surface area contributed by atoms with E-state index >= 15 is 0 Å². The fourth-order valence-electron chi connectivity index (χ4n) is 5.20. The maximum atomic E-state index is 6.23. The molecule has 0 aliphatic carbocycles. The number of aryl methyl sites for hydroxylation is 2. The third kappa shape index (κ3) is 5.92. The molecule has 0 atom stereocenters. The van der Waals surface area contributed by atoms with E-state index in [2.05, 4.69) is 94.2 Å². The van der Waals surface area contributed by atoms with Crippen LogP contribution in [-0.4, -0.2) is 9.97 Å². The van der Waals surface area contributed by atoms with Gasteiger partial charge in [0.05, 0.1) is 5.52 Å².